The molecule has 1 aromatic rings. The van der Waals surface area contributed by atoms with Crippen molar-refractivity contribution in [1.82, 2.24) is 4.98 Å². The topological polar surface area (TPSA) is 12.9 Å². The largest absolute Gasteiger partial charge is 0.264 e. The van der Waals surface area contributed by atoms with Gasteiger partial charge in [-0.05, 0) is 35.8 Å². The Hall–Kier alpha value is -1.63. The maximum Gasteiger partial charge on any atom is 0.0346 e. The normalized spacial score (nSPS) is 14.8. The molecule has 0 N–H and O–H groups in total. The first kappa shape index (κ1) is 7.99. The number of fused-ring (bicyclic) bond motifs is 1. The van der Waals surface area contributed by atoms with Crippen molar-refractivity contribution in [2.75, 3.05) is 0 Å². The number of hydrogen-bond acceptors (Lipinski definition) is 1. The summed E-state index contributed by atoms with van der Waals surface area (Å²) in [5.74, 6) is 0. The molecule has 1 aromatic heterocycles. The summed E-state index contributed by atoms with van der Waals surface area (Å²) in [6.45, 7) is 6.03. The molecule has 0 radical (unpaired) electrons. The summed E-state index contributed by atoms with van der Waals surface area (Å²) in [5, 5.41) is 0. The van der Waals surface area contributed by atoms with E-state index in [1.165, 1.54) is 11.1 Å². The van der Waals surface area contributed by atoms with Crippen molar-refractivity contribution in [1.29, 1.82) is 0 Å². The first-order valence-corrected chi connectivity index (χ1v) is 4.27. The Bertz CT molecular complexity index is 411. The highest BCUT2D eigenvalue weighted by atomic mass is 14.6. The minimum Gasteiger partial charge on any atom is -0.264 e. The molecule has 0 aliphatic heterocycles. The maximum atomic E-state index is 4.09. The number of aromatic nitrogens is 1. The molecule has 0 unspecified atom stereocenters. The second kappa shape index (κ2) is 3.02. The lowest BCUT2D eigenvalue weighted by molar-refractivity contribution is 1.31. The van der Waals surface area contributed by atoms with E-state index in [1.54, 1.807) is 6.20 Å². The molecule has 0 fully saturated rings. The summed E-state index contributed by atoms with van der Waals surface area (Å²) in [6, 6.07) is 2.01. The third kappa shape index (κ3) is 1.45. The molecule has 0 saturated carbocycles. The molecule has 13 heavy (non-hydrogen) atoms. The van der Waals surface area contributed by atoms with Gasteiger partial charge in [0.25, 0.3) is 0 Å². The fraction of sp³-hybridized carbons (Fsp3) is 0.0833. The summed E-state index contributed by atoms with van der Waals surface area (Å²) in [4.78, 5) is 4.09. The van der Waals surface area contributed by atoms with Gasteiger partial charge < -0.3 is 0 Å². The lowest BCUT2D eigenvalue weighted by atomic mass is 10.1. The van der Waals surface area contributed by atoms with E-state index in [0.717, 1.165) is 11.1 Å². The van der Waals surface area contributed by atoms with Gasteiger partial charge in [-0.2, -0.15) is 0 Å². The molecule has 0 spiro atoms. The summed E-state index contributed by atoms with van der Waals surface area (Å²) in [7, 11) is 0. The van der Waals surface area contributed by atoms with Gasteiger partial charge in [-0.1, -0.05) is 18.7 Å². The molecule has 1 aliphatic carbocycles. The van der Waals surface area contributed by atoms with E-state index in [4.69, 9.17) is 0 Å². The van der Waals surface area contributed by atoms with Crippen molar-refractivity contribution in [3.05, 3.63) is 53.4 Å². The summed E-state index contributed by atoms with van der Waals surface area (Å²) in [5.41, 5.74) is 4.63. The van der Waals surface area contributed by atoms with Gasteiger partial charge in [-0.3, -0.25) is 4.98 Å². The molecule has 64 valence electrons. The zero-order valence-corrected chi connectivity index (χ0v) is 7.62. The average Bonchev–Trinajstić information content (AvgIpc) is 2.28. The molecule has 1 aliphatic rings. The van der Waals surface area contributed by atoms with E-state index in [9.17, 15) is 0 Å². The van der Waals surface area contributed by atoms with E-state index in [1.807, 2.05) is 18.3 Å². The molecule has 0 aromatic carbocycles. The molecule has 0 saturated heterocycles. The van der Waals surface area contributed by atoms with E-state index in [-0.39, 0.29) is 0 Å². The molecule has 0 atom stereocenters. The van der Waals surface area contributed by atoms with Gasteiger partial charge in [-0.15, -0.1) is 0 Å². The van der Waals surface area contributed by atoms with Crippen molar-refractivity contribution in [2.45, 2.75) is 6.92 Å². The van der Waals surface area contributed by atoms with E-state index in [0.29, 0.717) is 0 Å². The number of hydrogen-bond donors (Lipinski definition) is 0. The van der Waals surface area contributed by atoms with Crippen molar-refractivity contribution >= 4 is 12.2 Å². The van der Waals surface area contributed by atoms with Crippen LogP contribution in [0.3, 0.4) is 0 Å². The minimum absolute atomic E-state index is 1.07. The van der Waals surface area contributed by atoms with Crippen molar-refractivity contribution in [2.24, 2.45) is 0 Å². The Labute approximate surface area is 78.1 Å². The molecule has 1 heteroatoms. The van der Waals surface area contributed by atoms with Crippen LogP contribution in [0.1, 0.15) is 18.1 Å². The molecular weight excluding hydrogens is 158 g/mol. The molecular formula is C12H11N. The van der Waals surface area contributed by atoms with Gasteiger partial charge in [0.05, 0.1) is 0 Å². The van der Waals surface area contributed by atoms with Crippen LogP contribution in [0, 0.1) is 0 Å². The minimum atomic E-state index is 1.07. The van der Waals surface area contributed by atoms with Gasteiger partial charge >= 0.3 is 0 Å². The van der Waals surface area contributed by atoms with Crippen LogP contribution in [-0.2, 0) is 0 Å². The number of rotatable bonds is 0. The Kier molecular flexibility index (Phi) is 1.85. The zero-order chi connectivity index (χ0) is 9.26. The van der Waals surface area contributed by atoms with Gasteiger partial charge in [0.15, 0.2) is 0 Å². The summed E-state index contributed by atoms with van der Waals surface area (Å²) >= 11 is 0. The molecule has 0 bridgehead atoms. The second-order valence-electron chi connectivity index (χ2n) is 3.19. The quantitative estimate of drug-likeness (QED) is 0.581. The highest BCUT2D eigenvalue weighted by Gasteiger charge is 2.02. The van der Waals surface area contributed by atoms with Crippen LogP contribution in [0.25, 0.3) is 12.2 Å². The predicted octanol–water partition coefficient (Wildman–Crippen LogP) is 3.07. The van der Waals surface area contributed by atoms with Gasteiger partial charge in [0.1, 0.15) is 0 Å². The van der Waals surface area contributed by atoms with Crippen LogP contribution in [0.15, 0.2) is 42.3 Å². The second-order valence-corrected chi connectivity index (χ2v) is 3.19. The van der Waals surface area contributed by atoms with Gasteiger partial charge in [0, 0.05) is 18.0 Å². The van der Waals surface area contributed by atoms with Crippen molar-refractivity contribution in [3.63, 3.8) is 0 Å². The third-order valence-electron chi connectivity index (χ3n) is 2.23. The first-order chi connectivity index (χ1) is 6.27. The highest BCUT2D eigenvalue weighted by molar-refractivity contribution is 5.73. The van der Waals surface area contributed by atoms with Crippen molar-refractivity contribution in [3.8, 4) is 0 Å². The average molecular weight is 169 g/mol. The van der Waals surface area contributed by atoms with Crippen molar-refractivity contribution < 1.29 is 0 Å². The fourth-order valence-corrected chi connectivity index (χ4v) is 1.34. The zero-order valence-electron chi connectivity index (χ0n) is 7.62. The van der Waals surface area contributed by atoms with Crippen LogP contribution < -0.4 is 0 Å². The SMILES string of the molecule is C=C1C=Cc2ccncc2C=C1C. The highest BCUT2D eigenvalue weighted by Crippen LogP contribution is 2.22. The Morgan fingerprint density at radius 3 is 2.92 bits per heavy atom. The Morgan fingerprint density at radius 2 is 2.08 bits per heavy atom. The van der Waals surface area contributed by atoms with Crippen LogP contribution >= 0.6 is 0 Å². The van der Waals surface area contributed by atoms with Gasteiger partial charge in [0.2, 0.25) is 0 Å². The third-order valence-corrected chi connectivity index (χ3v) is 2.23. The van der Waals surface area contributed by atoms with Crippen LogP contribution in [-0.4, -0.2) is 4.98 Å². The monoisotopic (exact) mass is 169 g/mol. The number of nitrogens with zero attached hydrogens (tertiary/aromatic N) is 1. The lowest BCUT2D eigenvalue weighted by Crippen LogP contribution is -1.81. The Morgan fingerprint density at radius 1 is 1.23 bits per heavy atom. The smallest absolute Gasteiger partial charge is 0.0346 e. The standard InChI is InChI=1S/C12H11N/c1-9-3-4-11-5-6-13-8-12(11)7-10(9)2/h3-8H,1H2,2H3. The van der Waals surface area contributed by atoms with Gasteiger partial charge in [-0.25, -0.2) is 0 Å². The van der Waals surface area contributed by atoms with E-state index >= 15 is 0 Å². The molecule has 1 heterocycles. The predicted molar refractivity (Wildman–Crippen MR) is 56.1 cm³/mol. The maximum absolute atomic E-state index is 4.09. The van der Waals surface area contributed by atoms with Crippen LogP contribution in [0.4, 0.5) is 0 Å². The molecule has 0 amide bonds. The number of allylic oxidation sites excluding steroid dienone is 3. The Balaban J connectivity index is 2.63. The summed E-state index contributed by atoms with van der Waals surface area (Å²) in [6.07, 6.45) is 9.91. The molecule has 1 nitrogen and oxygen atoms in total. The van der Waals surface area contributed by atoms with E-state index < -0.39 is 0 Å². The fourth-order valence-electron chi connectivity index (χ4n) is 1.34. The number of pyridine rings is 1. The van der Waals surface area contributed by atoms with Crippen LogP contribution in [0.5, 0.6) is 0 Å². The van der Waals surface area contributed by atoms with E-state index in [2.05, 4.69) is 30.6 Å². The summed E-state index contributed by atoms with van der Waals surface area (Å²) < 4.78 is 0. The lowest BCUT2D eigenvalue weighted by Gasteiger charge is -1.98. The first-order valence-electron chi connectivity index (χ1n) is 4.27. The van der Waals surface area contributed by atoms with Crippen LogP contribution in [0.2, 0.25) is 0 Å². The molecule has 2 rings (SSSR count).